The summed E-state index contributed by atoms with van der Waals surface area (Å²) >= 11 is 6.08. The number of nitrogens with zero attached hydrogens (tertiary/aromatic N) is 1. The van der Waals surface area contributed by atoms with Crippen LogP contribution in [0, 0.1) is 18.3 Å². The lowest BCUT2D eigenvalue weighted by Crippen LogP contribution is -2.06. The van der Waals surface area contributed by atoms with Crippen molar-refractivity contribution in [3.63, 3.8) is 0 Å². The van der Waals surface area contributed by atoms with E-state index in [0.717, 1.165) is 5.56 Å². The monoisotopic (exact) mass is 301 g/mol. The molecular formula is C15H12ClN3O2. The molecule has 0 unspecified atom stereocenters. The number of anilines is 3. The number of aromatic carboxylic acids is 1. The van der Waals surface area contributed by atoms with E-state index in [4.69, 9.17) is 17.3 Å². The van der Waals surface area contributed by atoms with E-state index >= 15 is 0 Å². The molecule has 0 atom stereocenters. The first-order valence-electron chi connectivity index (χ1n) is 6.03. The number of carboxylic acids is 1. The topological polar surface area (TPSA) is 99.1 Å². The van der Waals surface area contributed by atoms with Crippen LogP contribution in [0.25, 0.3) is 0 Å². The van der Waals surface area contributed by atoms with Gasteiger partial charge in [0.2, 0.25) is 0 Å². The highest BCUT2D eigenvalue weighted by atomic mass is 35.5. The Balaban J connectivity index is 2.58. The maximum Gasteiger partial charge on any atom is 0.337 e. The first-order valence-corrected chi connectivity index (χ1v) is 6.41. The predicted molar refractivity (Wildman–Crippen MR) is 82.0 cm³/mol. The van der Waals surface area contributed by atoms with Gasteiger partial charge in [-0.15, -0.1) is 0 Å². The minimum atomic E-state index is -1.15. The molecule has 21 heavy (non-hydrogen) atoms. The molecule has 0 aliphatic rings. The molecule has 106 valence electrons. The van der Waals surface area contributed by atoms with Crippen LogP contribution in [0.4, 0.5) is 17.1 Å². The lowest BCUT2D eigenvalue weighted by atomic mass is 10.1. The summed E-state index contributed by atoms with van der Waals surface area (Å²) in [7, 11) is 0. The Kier molecular flexibility index (Phi) is 4.01. The fourth-order valence-electron chi connectivity index (χ4n) is 1.98. The highest BCUT2D eigenvalue weighted by Gasteiger charge is 2.16. The summed E-state index contributed by atoms with van der Waals surface area (Å²) in [5.41, 5.74) is 7.73. The van der Waals surface area contributed by atoms with Gasteiger partial charge in [0, 0.05) is 5.69 Å². The molecule has 4 N–H and O–H groups in total. The minimum absolute atomic E-state index is 0.0506. The van der Waals surface area contributed by atoms with E-state index in [1.807, 2.05) is 0 Å². The Morgan fingerprint density at radius 3 is 2.76 bits per heavy atom. The van der Waals surface area contributed by atoms with E-state index in [2.05, 4.69) is 11.4 Å². The number of aryl methyl sites for hydroxylation is 1. The van der Waals surface area contributed by atoms with E-state index in [0.29, 0.717) is 11.3 Å². The van der Waals surface area contributed by atoms with E-state index in [-0.39, 0.29) is 22.0 Å². The second kappa shape index (κ2) is 5.73. The van der Waals surface area contributed by atoms with E-state index < -0.39 is 5.97 Å². The fraction of sp³-hybridized carbons (Fsp3) is 0.0667. The fourth-order valence-corrected chi connectivity index (χ4v) is 2.25. The number of hydrogen-bond donors (Lipinski definition) is 3. The zero-order valence-electron chi connectivity index (χ0n) is 11.1. The van der Waals surface area contributed by atoms with Crippen molar-refractivity contribution >= 4 is 34.6 Å². The van der Waals surface area contributed by atoms with Gasteiger partial charge >= 0.3 is 5.97 Å². The molecule has 0 spiro atoms. The molecule has 2 aromatic carbocycles. The van der Waals surface area contributed by atoms with Crippen LogP contribution in [0.5, 0.6) is 0 Å². The maximum absolute atomic E-state index is 11.3. The lowest BCUT2D eigenvalue weighted by Gasteiger charge is -2.14. The van der Waals surface area contributed by atoms with Crippen LogP contribution in [0.15, 0.2) is 30.3 Å². The van der Waals surface area contributed by atoms with Crippen LogP contribution in [-0.2, 0) is 0 Å². The molecule has 0 heterocycles. The number of nitriles is 1. The summed E-state index contributed by atoms with van der Waals surface area (Å²) in [4.78, 5) is 11.3. The van der Waals surface area contributed by atoms with Crippen molar-refractivity contribution in [1.29, 1.82) is 5.26 Å². The molecule has 2 rings (SSSR count). The quantitative estimate of drug-likeness (QED) is 0.753. The van der Waals surface area contributed by atoms with Crippen LogP contribution < -0.4 is 11.1 Å². The Hall–Kier alpha value is -2.71. The highest BCUT2D eigenvalue weighted by Crippen LogP contribution is 2.33. The van der Waals surface area contributed by atoms with E-state index in [1.165, 1.54) is 12.1 Å². The average Bonchev–Trinajstić information content (AvgIpc) is 2.41. The molecule has 6 heteroatoms. The standard InChI is InChI=1S/C15H12ClN3O2/c1-8-3-2-4-13(11(8)7-17)19-14-10(15(20)21)5-9(18)6-12(14)16/h2-6,19H,18H2,1H3,(H,20,21). The Bertz CT molecular complexity index is 766. The van der Waals surface area contributed by atoms with Crippen molar-refractivity contribution in [1.82, 2.24) is 0 Å². The van der Waals surface area contributed by atoms with Crippen molar-refractivity contribution < 1.29 is 9.90 Å². The predicted octanol–water partition coefficient (Wildman–Crippen LogP) is 3.54. The Labute approximate surface area is 126 Å². The second-order valence-electron chi connectivity index (χ2n) is 4.46. The second-order valence-corrected chi connectivity index (χ2v) is 4.87. The molecule has 0 aliphatic heterocycles. The van der Waals surface area contributed by atoms with Gasteiger partial charge in [0.05, 0.1) is 27.5 Å². The van der Waals surface area contributed by atoms with Crippen molar-refractivity contribution in [3.05, 3.63) is 52.0 Å². The number of hydrogen-bond acceptors (Lipinski definition) is 4. The van der Waals surface area contributed by atoms with Gasteiger partial charge in [0.1, 0.15) is 6.07 Å². The molecule has 0 fully saturated rings. The van der Waals surface area contributed by atoms with E-state index in [1.54, 1.807) is 25.1 Å². The molecule has 5 nitrogen and oxygen atoms in total. The maximum atomic E-state index is 11.3. The summed E-state index contributed by atoms with van der Waals surface area (Å²) < 4.78 is 0. The summed E-state index contributed by atoms with van der Waals surface area (Å²) in [6.45, 7) is 1.80. The van der Waals surface area contributed by atoms with Crippen LogP contribution in [0.1, 0.15) is 21.5 Å². The molecule has 0 aromatic heterocycles. The molecule has 0 bridgehead atoms. The van der Waals surface area contributed by atoms with E-state index in [9.17, 15) is 15.2 Å². The molecule has 2 aromatic rings. The number of carboxylic acid groups (broad SMARTS) is 1. The molecule has 0 saturated carbocycles. The molecule has 0 amide bonds. The van der Waals surface area contributed by atoms with Crippen LogP contribution >= 0.6 is 11.6 Å². The van der Waals surface area contributed by atoms with Gasteiger partial charge in [-0.3, -0.25) is 0 Å². The summed E-state index contributed by atoms with van der Waals surface area (Å²) in [6, 6.07) is 10.1. The SMILES string of the molecule is Cc1cccc(Nc2c(Cl)cc(N)cc2C(=O)O)c1C#N. The Morgan fingerprint density at radius 2 is 2.14 bits per heavy atom. The van der Waals surface area contributed by atoms with Crippen molar-refractivity contribution in [2.75, 3.05) is 11.1 Å². The van der Waals surface area contributed by atoms with Gasteiger partial charge in [-0.2, -0.15) is 5.26 Å². The summed E-state index contributed by atoms with van der Waals surface area (Å²) in [6.07, 6.45) is 0. The number of rotatable bonds is 3. The number of benzene rings is 2. The number of nitrogens with one attached hydrogen (secondary N) is 1. The third kappa shape index (κ3) is 2.91. The largest absolute Gasteiger partial charge is 0.478 e. The molecule has 0 saturated heterocycles. The summed E-state index contributed by atoms with van der Waals surface area (Å²) in [5.74, 6) is -1.15. The van der Waals surface area contributed by atoms with Crippen molar-refractivity contribution in [3.8, 4) is 6.07 Å². The molecular weight excluding hydrogens is 290 g/mol. The third-order valence-corrected chi connectivity index (χ3v) is 3.29. The van der Waals surface area contributed by atoms with Gasteiger partial charge in [0.25, 0.3) is 0 Å². The summed E-state index contributed by atoms with van der Waals surface area (Å²) in [5, 5.41) is 21.6. The minimum Gasteiger partial charge on any atom is -0.478 e. The highest BCUT2D eigenvalue weighted by molar-refractivity contribution is 6.34. The lowest BCUT2D eigenvalue weighted by molar-refractivity contribution is 0.0698. The first kappa shape index (κ1) is 14.7. The number of nitrogen functional groups attached to an aromatic ring is 1. The van der Waals surface area contributed by atoms with Gasteiger partial charge < -0.3 is 16.2 Å². The Morgan fingerprint density at radius 1 is 1.43 bits per heavy atom. The van der Waals surface area contributed by atoms with Gasteiger partial charge in [-0.05, 0) is 30.7 Å². The van der Waals surface area contributed by atoms with Gasteiger partial charge in [-0.1, -0.05) is 23.7 Å². The van der Waals surface area contributed by atoms with Gasteiger partial charge in [0.15, 0.2) is 0 Å². The number of halogens is 1. The third-order valence-electron chi connectivity index (χ3n) is 2.99. The molecule has 0 aliphatic carbocycles. The van der Waals surface area contributed by atoms with Crippen molar-refractivity contribution in [2.45, 2.75) is 6.92 Å². The average molecular weight is 302 g/mol. The number of carbonyl (C=O) groups is 1. The smallest absolute Gasteiger partial charge is 0.337 e. The number of nitrogens with two attached hydrogens (primary N) is 1. The van der Waals surface area contributed by atoms with Crippen LogP contribution in [0.2, 0.25) is 5.02 Å². The zero-order chi connectivity index (χ0) is 15.6. The zero-order valence-corrected chi connectivity index (χ0v) is 11.9. The first-order chi connectivity index (χ1) is 9.93. The molecule has 0 radical (unpaired) electrons. The van der Waals surface area contributed by atoms with Crippen LogP contribution in [-0.4, -0.2) is 11.1 Å². The van der Waals surface area contributed by atoms with Gasteiger partial charge in [-0.25, -0.2) is 4.79 Å². The van der Waals surface area contributed by atoms with Crippen molar-refractivity contribution in [2.24, 2.45) is 0 Å². The van der Waals surface area contributed by atoms with Crippen LogP contribution in [0.3, 0.4) is 0 Å². The normalized spacial score (nSPS) is 9.95.